The molecule has 0 heterocycles. The van der Waals surface area contributed by atoms with Gasteiger partial charge in [0.1, 0.15) is 0 Å². The van der Waals surface area contributed by atoms with E-state index in [0.717, 1.165) is 25.1 Å². The van der Waals surface area contributed by atoms with Gasteiger partial charge < -0.3 is 15.8 Å². The van der Waals surface area contributed by atoms with E-state index < -0.39 is 0 Å². The lowest BCUT2D eigenvalue weighted by molar-refractivity contribution is 0.182. The molecule has 3 heteroatoms. The minimum Gasteiger partial charge on any atom is -0.383 e. The van der Waals surface area contributed by atoms with Crippen LogP contribution in [-0.2, 0) is 10.2 Å². The number of nitrogens with one attached hydrogen (secondary N) is 1. The Balaban J connectivity index is 2.64. The molecule has 0 radical (unpaired) electrons. The molecule has 1 rings (SSSR count). The summed E-state index contributed by atoms with van der Waals surface area (Å²) >= 11 is 0. The van der Waals surface area contributed by atoms with Gasteiger partial charge in [-0.15, -0.1) is 0 Å². The highest BCUT2D eigenvalue weighted by Gasteiger charge is 2.13. The van der Waals surface area contributed by atoms with Crippen molar-refractivity contribution in [2.24, 2.45) is 5.73 Å². The number of anilines is 1. The summed E-state index contributed by atoms with van der Waals surface area (Å²) < 4.78 is 5.25. The van der Waals surface area contributed by atoms with E-state index in [1.807, 2.05) is 0 Å². The SMILES string of the molecule is COCC(CCCN)Nc1ccc(C(C)(C)C)cc1. The highest BCUT2D eigenvalue weighted by atomic mass is 16.5. The molecule has 1 aromatic rings. The smallest absolute Gasteiger partial charge is 0.0664 e. The van der Waals surface area contributed by atoms with Gasteiger partial charge in [0.25, 0.3) is 0 Å². The second-order valence-corrected chi connectivity index (χ2v) is 6.05. The molecule has 0 saturated carbocycles. The first kappa shape index (κ1) is 16.0. The van der Waals surface area contributed by atoms with E-state index in [1.54, 1.807) is 7.11 Å². The summed E-state index contributed by atoms with van der Waals surface area (Å²) in [7, 11) is 1.74. The standard InChI is InChI=1S/C16H28N2O/c1-16(2,3)13-7-9-14(10-8-13)18-15(12-19-4)6-5-11-17/h7-10,15,18H,5-6,11-12,17H2,1-4H3. The summed E-state index contributed by atoms with van der Waals surface area (Å²) in [4.78, 5) is 0. The van der Waals surface area contributed by atoms with Crippen LogP contribution in [0.2, 0.25) is 0 Å². The van der Waals surface area contributed by atoms with Gasteiger partial charge in [0.05, 0.1) is 6.61 Å². The molecule has 3 nitrogen and oxygen atoms in total. The quantitative estimate of drug-likeness (QED) is 0.795. The van der Waals surface area contributed by atoms with Crippen LogP contribution in [0.15, 0.2) is 24.3 Å². The Hall–Kier alpha value is -1.06. The molecule has 0 aromatic heterocycles. The fourth-order valence-corrected chi connectivity index (χ4v) is 2.06. The Kier molecular flexibility index (Phi) is 6.32. The van der Waals surface area contributed by atoms with Gasteiger partial charge in [-0.2, -0.15) is 0 Å². The van der Waals surface area contributed by atoms with Crippen molar-refractivity contribution >= 4 is 5.69 Å². The van der Waals surface area contributed by atoms with Crippen LogP contribution in [-0.4, -0.2) is 26.3 Å². The van der Waals surface area contributed by atoms with Gasteiger partial charge in [0, 0.05) is 18.8 Å². The molecule has 0 aliphatic heterocycles. The second kappa shape index (κ2) is 7.51. The van der Waals surface area contributed by atoms with Gasteiger partial charge >= 0.3 is 0 Å². The Morgan fingerprint density at radius 1 is 1.21 bits per heavy atom. The maximum absolute atomic E-state index is 5.57. The van der Waals surface area contributed by atoms with E-state index in [9.17, 15) is 0 Å². The Morgan fingerprint density at radius 2 is 1.84 bits per heavy atom. The summed E-state index contributed by atoms with van der Waals surface area (Å²) in [5.41, 5.74) is 8.26. The number of methoxy groups -OCH3 is 1. The number of hydrogen-bond acceptors (Lipinski definition) is 3. The van der Waals surface area contributed by atoms with Gasteiger partial charge in [0.2, 0.25) is 0 Å². The van der Waals surface area contributed by atoms with Crippen molar-refractivity contribution in [3.8, 4) is 0 Å². The minimum absolute atomic E-state index is 0.198. The maximum Gasteiger partial charge on any atom is 0.0664 e. The van der Waals surface area contributed by atoms with Crippen LogP contribution in [0, 0.1) is 0 Å². The minimum atomic E-state index is 0.198. The van der Waals surface area contributed by atoms with E-state index >= 15 is 0 Å². The lowest BCUT2D eigenvalue weighted by atomic mass is 9.87. The average molecular weight is 264 g/mol. The van der Waals surface area contributed by atoms with Crippen molar-refractivity contribution in [2.45, 2.75) is 45.1 Å². The molecule has 0 aliphatic rings. The van der Waals surface area contributed by atoms with Crippen molar-refractivity contribution in [2.75, 3.05) is 25.6 Å². The molecule has 0 saturated heterocycles. The van der Waals surface area contributed by atoms with Gasteiger partial charge in [-0.1, -0.05) is 32.9 Å². The van der Waals surface area contributed by atoms with Gasteiger partial charge in [-0.05, 0) is 42.5 Å². The molecule has 0 amide bonds. The van der Waals surface area contributed by atoms with E-state index in [4.69, 9.17) is 10.5 Å². The monoisotopic (exact) mass is 264 g/mol. The lowest BCUT2D eigenvalue weighted by Crippen LogP contribution is -2.25. The highest BCUT2D eigenvalue weighted by molar-refractivity contribution is 5.46. The third-order valence-corrected chi connectivity index (χ3v) is 3.25. The van der Waals surface area contributed by atoms with Crippen molar-refractivity contribution in [1.82, 2.24) is 0 Å². The fourth-order valence-electron chi connectivity index (χ4n) is 2.06. The Morgan fingerprint density at radius 3 is 2.32 bits per heavy atom. The van der Waals surface area contributed by atoms with E-state index in [1.165, 1.54) is 5.56 Å². The molecular formula is C16H28N2O. The molecule has 19 heavy (non-hydrogen) atoms. The van der Waals surface area contributed by atoms with Crippen LogP contribution in [0.25, 0.3) is 0 Å². The van der Waals surface area contributed by atoms with Gasteiger partial charge in [-0.3, -0.25) is 0 Å². The topological polar surface area (TPSA) is 47.3 Å². The zero-order valence-corrected chi connectivity index (χ0v) is 12.7. The van der Waals surface area contributed by atoms with Crippen LogP contribution in [0.3, 0.4) is 0 Å². The lowest BCUT2D eigenvalue weighted by Gasteiger charge is -2.22. The number of ether oxygens (including phenoxy) is 1. The summed E-state index contributed by atoms with van der Waals surface area (Å²) in [6.45, 7) is 8.12. The van der Waals surface area contributed by atoms with E-state index in [-0.39, 0.29) is 5.41 Å². The molecular weight excluding hydrogens is 236 g/mol. The second-order valence-electron chi connectivity index (χ2n) is 6.05. The molecule has 1 atom stereocenters. The zero-order valence-electron chi connectivity index (χ0n) is 12.7. The van der Waals surface area contributed by atoms with Crippen LogP contribution in [0.4, 0.5) is 5.69 Å². The molecule has 0 aliphatic carbocycles. The van der Waals surface area contributed by atoms with Crippen LogP contribution < -0.4 is 11.1 Å². The number of nitrogens with two attached hydrogens (primary N) is 1. The summed E-state index contributed by atoms with van der Waals surface area (Å²) in [5, 5.41) is 3.51. The van der Waals surface area contributed by atoms with Crippen LogP contribution in [0.5, 0.6) is 0 Å². The zero-order chi connectivity index (χ0) is 14.3. The predicted molar refractivity (Wildman–Crippen MR) is 82.7 cm³/mol. The van der Waals surface area contributed by atoms with Crippen molar-refractivity contribution < 1.29 is 4.74 Å². The van der Waals surface area contributed by atoms with Gasteiger partial charge in [0.15, 0.2) is 0 Å². The molecule has 0 fully saturated rings. The summed E-state index contributed by atoms with van der Waals surface area (Å²) in [5.74, 6) is 0. The third kappa shape index (κ3) is 5.62. The molecule has 3 N–H and O–H groups in total. The molecule has 0 spiro atoms. The van der Waals surface area contributed by atoms with E-state index in [0.29, 0.717) is 12.6 Å². The van der Waals surface area contributed by atoms with Crippen LogP contribution >= 0.6 is 0 Å². The molecule has 1 unspecified atom stereocenters. The third-order valence-electron chi connectivity index (χ3n) is 3.25. The molecule has 1 aromatic carbocycles. The van der Waals surface area contributed by atoms with Gasteiger partial charge in [-0.25, -0.2) is 0 Å². The maximum atomic E-state index is 5.57. The molecule has 108 valence electrons. The average Bonchev–Trinajstić information content (AvgIpc) is 2.36. The first-order valence-electron chi connectivity index (χ1n) is 7.03. The van der Waals surface area contributed by atoms with Crippen molar-refractivity contribution in [1.29, 1.82) is 0 Å². The van der Waals surface area contributed by atoms with Crippen molar-refractivity contribution in [3.63, 3.8) is 0 Å². The number of rotatable bonds is 7. The number of benzene rings is 1. The van der Waals surface area contributed by atoms with E-state index in [2.05, 4.69) is 50.4 Å². The highest BCUT2D eigenvalue weighted by Crippen LogP contribution is 2.23. The largest absolute Gasteiger partial charge is 0.383 e. The Labute approximate surface area is 117 Å². The molecule has 0 bridgehead atoms. The van der Waals surface area contributed by atoms with Crippen molar-refractivity contribution in [3.05, 3.63) is 29.8 Å². The summed E-state index contributed by atoms with van der Waals surface area (Å²) in [6.07, 6.45) is 2.05. The predicted octanol–water partition coefficient (Wildman–Crippen LogP) is 3.15. The normalized spacial score (nSPS) is 13.3. The first-order chi connectivity index (χ1) is 8.97. The van der Waals surface area contributed by atoms with Crippen LogP contribution in [0.1, 0.15) is 39.2 Å². The summed E-state index contributed by atoms with van der Waals surface area (Å²) in [6, 6.07) is 9.00. The number of hydrogen-bond donors (Lipinski definition) is 2. The first-order valence-corrected chi connectivity index (χ1v) is 7.03. The Bertz CT molecular complexity index is 354. The fraction of sp³-hybridized carbons (Fsp3) is 0.625.